The number of halogens is 2. The van der Waals surface area contributed by atoms with E-state index in [2.05, 4.69) is 4.72 Å². The highest BCUT2D eigenvalue weighted by molar-refractivity contribution is 7.94. The van der Waals surface area contributed by atoms with Gasteiger partial charge in [-0.2, -0.15) is 0 Å². The Bertz CT molecular complexity index is 624. The van der Waals surface area contributed by atoms with Crippen molar-refractivity contribution in [2.45, 2.75) is 4.21 Å². The van der Waals surface area contributed by atoms with Crippen LogP contribution >= 0.6 is 11.3 Å². The van der Waals surface area contributed by atoms with Gasteiger partial charge in [0.05, 0.1) is 5.69 Å². The molecule has 0 unspecified atom stereocenters. The summed E-state index contributed by atoms with van der Waals surface area (Å²) in [4.78, 5) is 0. The molecule has 1 N–H and O–H groups in total. The number of rotatable bonds is 3. The lowest BCUT2D eigenvalue weighted by atomic mass is 10.3. The lowest BCUT2D eigenvalue weighted by Crippen LogP contribution is -2.11. The Hall–Kier alpha value is -1.47. The zero-order valence-electron chi connectivity index (χ0n) is 8.35. The van der Waals surface area contributed by atoms with Crippen LogP contribution in [0.4, 0.5) is 14.5 Å². The summed E-state index contributed by atoms with van der Waals surface area (Å²) in [6, 6.07) is 5.82. The standard InChI is InChI=1S/C10H7F2NO2S2/c11-8-4-3-7(6-9(8)12)13-17(14,15)10-2-1-5-16-10/h1-6,13H. The first-order valence-electron chi connectivity index (χ1n) is 4.50. The Morgan fingerprint density at radius 1 is 1.12 bits per heavy atom. The van der Waals surface area contributed by atoms with Gasteiger partial charge in [-0.25, -0.2) is 17.2 Å². The predicted octanol–water partition coefficient (Wildman–Crippen LogP) is 2.83. The second-order valence-electron chi connectivity index (χ2n) is 3.17. The van der Waals surface area contributed by atoms with E-state index < -0.39 is 21.7 Å². The van der Waals surface area contributed by atoms with E-state index in [1.165, 1.54) is 6.07 Å². The average Bonchev–Trinajstić information content (AvgIpc) is 2.77. The van der Waals surface area contributed by atoms with Gasteiger partial charge in [-0.05, 0) is 23.6 Å². The van der Waals surface area contributed by atoms with E-state index in [9.17, 15) is 17.2 Å². The van der Waals surface area contributed by atoms with Crippen LogP contribution in [-0.4, -0.2) is 8.42 Å². The Labute approximate surface area is 101 Å². The number of anilines is 1. The molecular weight excluding hydrogens is 268 g/mol. The van der Waals surface area contributed by atoms with E-state index in [4.69, 9.17) is 0 Å². The number of hydrogen-bond acceptors (Lipinski definition) is 3. The first kappa shape index (κ1) is 12.0. The Balaban J connectivity index is 2.30. The minimum absolute atomic E-state index is 0.0164. The molecule has 0 amide bonds. The first-order valence-corrected chi connectivity index (χ1v) is 6.87. The van der Waals surface area contributed by atoms with Crippen molar-refractivity contribution < 1.29 is 17.2 Å². The summed E-state index contributed by atoms with van der Waals surface area (Å²) in [6.07, 6.45) is 0. The van der Waals surface area contributed by atoms with Gasteiger partial charge in [0.2, 0.25) is 0 Å². The van der Waals surface area contributed by atoms with Crippen LogP contribution in [0.2, 0.25) is 0 Å². The third kappa shape index (κ3) is 2.62. The molecule has 0 aliphatic heterocycles. The van der Waals surface area contributed by atoms with Gasteiger partial charge >= 0.3 is 0 Å². The van der Waals surface area contributed by atoms with E-state index in [0.717, 1.165) is 29.5 Å². The molecule has 0 fully saturated rings. The van der Waals surface area contributed by atoms with Crippen molar-refractivity contribution in [2.75, 3.05) is 4.72 Å². The average molecular weight is 275 g/mol. The van der Waals surface area contributed by atoms with Gasteiger partial charge in [-0.1, -0.05) is 6.07 Å². The summed E-state index contributed by atoms with van der Waals surface area (Å²) < 4.78 is 51.3. The van der Waals surface area contributed by atoms with E-state index in [1.807, 2.05) is 0 Å². The van der Waals surface area contributed by atoms with Crippen molar-refractivity contribution in [2.24, 2.45) is 0 Å². The molecule has 0 aliphatic carbocycles. The highest BCUT2D eigenvalue weighted by Gasteiger charge is 2.15. The fourth-order valence-electron chi connectivity index (χ4n) is 1.18. The molecule has 0 atom stereocenters. The van der Waals surface area contributed by atoms with E-state index in [0.29, 0.717) is 0 Å². The summed E-state index contributed by atoms with van der Waals surface area (Å²) in [5.74, 6) is -2.12. The molecule has 3 nitrogen and oxygen atoms in total. The van der Waals surface area contributed by atoms with Crippen LogP contribution in [-0.2, 0) is 10.0 Å². The molecule has 0 saturated heterocycles. The van der Waals surface area contributed by atoms with Gasteiger partial charge in [0.25, 0.3) is 10.0 Å². The smallest absolute Gasteiger partial charge is 0.271 e. The molecule has 1 aromatic carbocycles. The summed E-state index contributed by atoms with van der Waals surface area (Å²) in [6.45, 7) is 0. The van der Waals surface area contributed by atoms with Crippen LogP contribution in [0.25, 0.3) is 0 Å². The van der Waals surface area contributed by atoms with Crippen molar-refractivity contribution in [1.82, 2.24) is 0 Å². The molecule has 7 heteroatoms. The fraction of sp³-hybridized carbons (Fsp3) is 0. The van der Waals surface area contributed by atoms with Crippen LogP contribution in [0, 0.1) is 11.6 Å². The van der Waals surface area contributed by atoms with Crippen molar-refractivity contribution in [1.29, 1.82) is 0 Å². The molecule has 1 heterocycles. The highest BCUT2D eigenvalue weighted by atomic mass is 32.2. The van der Waals surface area contributed by atoms with Gasteiger partial charge in [0.1, 0.15) is 4.21 Å². The fourth-order valence-corrected chi connectivity index (χ4v) is 3.22. The maximum Gasteiger partial charge on any atom is 0.271 e. The number of nitrogens with one attached hydrogen (secondary N) is 1. The van der Waals surface area contributed by atoms with Crippen LogP contribution in [0.15, 0.2) is 39.9 Å². The van der Waals surface area contributed by atoms with E-state index >= 15 is 0 Å². The molecule has 0 aliphatic rings. The molecule has 0 bridgehead atoms. The molecule has 1 aromatic heterocycles. The largest absolute Gasteiger partial charge is 0.279 e. The monoisotopic (exact) mass is 275 g/mol. The van der Waals surface area contributed by atoms with Crippen LogP contribution in [0.3, 0.4) is 0 Å². The van der Waals surface area contributed by atoms with Gasteiger partial charge in [-0.3, -0.25) is 4.72 Å². The molecular formula is C10H7F2NO2S2. The van der Waals surface area contributed by atoms with Gasteiger partial charge < -0.3 is 0 Å². The SMILES string of the molecule is O=S(=O)(Nc1ccc(F)c(F)c1)c1cccs1. The number of hydrogen-bond donors (Lipinski definition) is 1. The van der Waals surface area contributed by atoms with Crippen molar-refractivity contribution >= 4 is 27.0 Å². The lowest BCUT2D eigenvalue weighted by molar-refractivity contribution is 0.509. The van der Waals surface area contributed by atoms with E-state index in [1.54, 1.807) is 11.4 Å². The van der Waals surface area contributed by atoms with Crippen molar-refractivity contribution in [3.8, 4) is 0 Å². The Morgan fingerprint density at radius 2 is 1.88 bits per heavy atom. The van der Waals surface area contributed by atoms with E-state index in [-0.39, 0.29) is 9.90 Å². The maximum absolute atomic E-state index is 12.9. The number of benzene rings is 1. The van der Waals surface area contributed by atoms with Crippen LogP contribution in [0.1, 0.15) is 0 Å². The molecule has 2 aromatic rings. The number of thiophene rings is 1. The zero-order chi connectivity index (χ0) is 12.5. The first-order chi connectivity index (χ1) is 7.99. The third-order valence-corrected chi connectivity index (χ3v) is 4.71. The topological polar surface area (TPSA) is 46.2 Å². The van der Waals surface area contributed by atoms with Gasteiger partial charge in [-0.15, -0.1) is 11.3 Å². The minimum atomic E-state index is -3.72. The third-order valence-electron chi connectivity index (χ3n) is 1.93. The molecule has 0 radical (unpaired) electrons. The normalized spacial score (nSPS) is 11.4. The summed E-state index contributed by atoms with van der Waals surface area (Å²) in [5.41, 5.74) is -0.0164. The molecule has 0 saturated carbocycles. The lowest BCUT2D eigenvalue weighted by Gasteiger charge is -2.06. The second kappa shape index (κ2) is 4.42. The predicted molar refractivity (Wildman–Crippen MR) is 61.5 cm³/mol. The van der Waals surface area contributed by atoms with Crippen molar-refractivity contribution in [3.05, 3.63) is 47.3 Å². The summed E-state index contributed by atoms with van der Waals surface area (Å²) in [5, 5.41) is 1.61. The zero-order valence-corrected chi connectivity index (χ0v) is 9.99. The highest BCUT2D eigenvalue weighted by Crippen LogP contribution is 2.21. The quantitative estimate of drug-likeness (QED) is 0.936. The Morgan fingerprint density at radius 3 is 2.47 bits per heavy atom. The summed E-state index contributed by atoms with van der Waals surface area (Å²) in [7, 11) is -3.72. The second-order valence-corrected chi connectivity index (χ2v) is 6.02. The van der Waals surface area contributed by atoms with Gasteiger partial charge in [0, 0.05) is 6.07 Å². The summed E-state index contributed by atoms with van der Waals surface area (Å²) >= 11 is 1.04. The Kier molecular flexibility index (Phi) is 3.12. The minimum Gasteiger partial charge on any atom is -0.279 e. The van der Waals surface area contributed by atoms with Crippen molar-refractivity contribution in [3.63, 3.8) is 0 Å². The molecule has 2 rings (SSSR count). The number of sulfonamides is 1. The van der Waals surface area contributed by atoms with Crippen LogP contribution < -0.4 is 4.72 Å². The molecule has 0 spiro atoms. The van der Waals surface area contributed by atoms with Gasteiger partial charge in [0.15, 0.2) is 11.6 Å². The van der Waals surface area contributed by atoms with Crippen LogP contribution in [0.5, 0.6) is 0 Å². The maximum atomic E-state index is 12.9. The molecule has 17 heavy (non-hydrogen) atoms. The molecule has 90 valence electrons.